The Morgan fingerprint density at radius 2 is 1.54 bits per heavy atom. The van der Waals surface area contributed by atoms with Crippen LogP contribution in [0.3, 0.4) is 0 Å². The number of hydrogen-bond acceptors (Lipinski definition) is 7. The van der Waals surface area contributed by atoms with Crippen LogP contribution in [0.5, 0.6) is 5.75 Å². The summed E-state index contributed by atoms with van der Waals surface area (Å²) in [5, 5.41) is 19.0. The first-order chi connectivity index (χ1) is 30.4. The quantitative estimate of drug-likeness (QED) is 0.0852. The van der Waals surface area contributed by atoms with Crippen LogP contribution in [0.25, 0.3) is 0 Å². The lowest BCUT2D eigenvalue weighted by atomic mass is 9.81. The average molecular weight is 858 g/mol. The minimum Gasteiger partial charge on any atom is -0.487 e. The average Bonchev–Trinajstić information content (AvgIpc) is 3.84. The highest BCUT2D eigenvalue weighted by Gasteiger charge is 2.53. The molecule has 2 aliphatic rings. The number of benzene rings is 4. The number of aryl methyl sites for hydroxylation is 1. The maximum atomic E-state index is 15.1. The molecule has 4 aromatic carbocycles. The summed E-state index contributed by atoms with van der Waals surface area (Å²) < 4.78 is 36.2. The van der Waals surface area contributed by atoms with Crippen LogP contribution in [0.1, 0.15) is 74.8 Å². The predicted molar refractivity (Wildman–Crippen MR) is 237 cm³/mol. The zero-order valence-corrected chi connectivity index (χ0v) is 36.1. The zero-order chi connectivity index (χ0) is 44.5. The monoisotopic (exact) mass is 857 g/mol. The summed E-state index contributed by atoms with van der Waals surface area (Å²) in [6.07, 6.45) is 3.45. The number of aliphatic hydroxyl groups excluding tert-OH is 1. The van der Waals surface area contributed by atoms with E-state index in [1.807, 2.05) is 111 Å². The van der Waals surface area contributed by atoms with Crippen molar-refractivity contribution in [2.24, 2.45) is 5.92 Å². The van der Waals surface area contributed by atoms with E-state index >= 15 is 4.79 Å². The molecule has 10 nitrogen and oxygen atoms in total. The number of carbonyl (C=O) groups is 3. The SMILES string of the molecule is CC[C@@H](C)[C@@]1(NC(C)=O)CCN([C@@H](CCc2ccccc2)C(=O)N[C@@H](Cc2cc(F)cc(F)c2)[C@H](O)[C@H]2C[C@@H](Oc3cccnc3)CN2C(c2ccccc2)c2ccccc2)C1=O. The van der Waals surface area contributed by atoms with E-state index in [0.29, 0.717) is 38.0 Å². The van der Waals surface area contributed by atoms with Crippen LogP contribution in [-0.2, 0) is 27.2 Å². The van der Waals surface area contributed by atoms with Crippen molar-refractivity contribution in [3.05, 3.63) is 168 Å². The van der Waals surface area contributed by atoms with Crippen molar-refractivity contribution in [1.82, 2.24) is 25.4 Å². The number of ether oxygens (including phenoxy) is 1. The molecule has 3 N–H and O–H groups in total. The molecule has 0 bridgehead atoms. The summed E-state index contributed by atoms with van der Waals surface area (Å²) in [4.78, 5) is 50.3. The second kappa shape index (κ2) is 20.5. The molecule has 0 aliphatic carbocycles. The molecule has 330 valence electrons. The summed E-state index contributed by atoms with van der Waals surface area (Å²) in [6.45, 7) is 5.89. The maximum Gasteiger partial charge on any atom is 0.249 e. The second-order valence-electron chi connectivity index (χ2n) is 17.0. The fourth-order valence-corrected chi connectivity index (χ4v) is 9.60. The molecule has 3 amide bonds. The number of pyridine rings is 1. The number of hydrogen-bond donors (Lipinski definition) is 3. The Labute approximate surface area is 368 Å². The Balaban J connectivity index is 1.27. The molecule has 0 radical (unpaired) electrons. The Morgan fingerprint density at radius 3 is 2.13 bits per heavy atom. The molecule has 0 unspecified atom stereocenters. The Morgan fingerprint density at radius 1 is 0.905 bits per heavy atom. The van der Waals surface area contributed by atoms with Crippen molar-refractivity contribution in [1.29, 1.82) is 0 Å². The third-order valence-electron chi connectivity index (χ3n) is 12.8. The number of carbonyl (C=O) groups excluding carboxylic acids is 3. The fourth-order valence-electron chi connectivity index (χ4n) is 9.60. The van der Waals surface area contributed by atoms with Crippen molar-refractivity contribution in [3.8, 4) is 5.75 Å². The van der Waals surface area contributed by atoms with Gasteiger partial charge in [-0.25, -0.2) is 8.78 Å². The molecule has 2 saturated heterocycles. The lowest BCUT2D eigenvalue weighted by molar-refractivity contribution is -0.144. The molecule has 3 heterocycles. The number of halogens is 2. The molecule has 1 aromatic heterocycles. The van der Waals surface area contributed by atoms with Crippen LogP contribution in [0.15, 0.2) is 134 Å². The highest BCUT2D eigenvalue weighted by atomic mass is 19.1. The highest BCUT2D eigenvalue weighted by molar-refractivity contribution is 5.96. The fraction of sp³-hybridized carbons (Fsp3) is 0.373. The molecular formula is C51H57F2N5O5. The van der Waals surface area contributed by atoms with E-state index < -0.39 is 53.4 Å². The first kappa shape index (κ1) is 45.1. The molecule has 2 aliphatic heterocycles. The lowest BCUT2D eigenvalue weighted by Gasteiger charge is -2.39. The number of nitrogens with one attached hydrogen (secondary N) is 2. The number of rotatable bonds is 18. The van der Waals surface area contributed by atoms with Gasteiger partial charge in [0.15, 0.2) is 0 Å². The molecular weight excluding hydrogens is 801 g/mol. The van der Waals surface area contributed by atoms with Crippen molar-refractivity contribution in [2.75, 3.05) is 13.1 Å². The summed E-state index contributed by atoms with van der Waals surface area (Å²) >= 11 is 0. The van der Waals surface area contributed by atoms with Gasteiger partial charge in [-0.05, 0) is 78.1 Å². The van der Waals surface area contributed by atoms with Gasteiger partial charge in [0.05, 0.1) is 24.4 Å². The number of nitrogens with zero attached hydrogens (tertiary/aromatic N) is 3. The van der Waals surface area contributed by atoms with Crippen LogP contribution in [0.4, 0.5) is 8.78 Å². The van der Waals surface area contributed by atoms with Gasteiger partial charge in [-0.2, -0.15) is 0 Å². The van der Waals surface area contributed by atoms with Crippen LogP contribution in [-0.4, -0.2) is 86.6 Å². The maximum absolute atomic E-state index is 15.1. The van der Waals surface area contributed by atoms with Gasteiger partial charge in [-0.3, -0.25) is 24.3 Å². The van der Waals surface area contributed by atoms with Gasteiger partial charge in [0.1, 0.15) is 35.1 Å². The van der Waals surface area contributed by atoms with Crippen molar-refractivity contribution in [2.45, 2.75) is 101 Å². The van der Waals surface area contributed by atoms with Gasteiger partial charge in [-0.15, -0.1) is 0 Å². The summed E-state index contributed by atoms with van der Waals surface area (Å²) in [5.74, 6) is -2.41. The molecule has 0 spiro atoms. The number of amides is 3. The molecule has 0 saturated carbocycles. The minimum atomic E-state index is -1.31. The van der Waals surface area contributed by atoms with E-state index in [4.69, 9.17) is 4.74 Å². The van der Waals surface area contributed by atoms with Gasteiger partial charge < -0.3 is 25.4 Å². The summed E-state index contributed by atoms with van der Waals surface area (Å²) in [5.41, 5.74) is 1.98. The van der Waals surface area contributed by atoms with Gasteiger partial charge in [0, 0.05) is 44.7 Å². The number of likely N-dealkylation sites (tertiary alicyclic amines) is 2. The van der Waals surface area contributed by atoms with Crippen LogP contribution >= 0.6 is 0 Å². The molecule has 7 atom stereocenters. The Kier molecular flexibility index (Phi) is 14.6. The first-order valence-electron chi connectivity index (χ1n) is 21.9. The predicted octanol–water partition coefficient (Wildman–Crippen LogP) is 7.21. The molecule has 63 heavy (non-hydrogen) atoms. The Hall–Kier alpha value is -5.98. The molecule has 12 heteroatoms. The summed E-state index contributed by atoms with van der Waals surface area (Å²) in [6, 6.07) is 33.3. The van der Waals surface area contributed by atoms with Gasteiger partial charge >= 0.3 is 0 Å². The third kappa shape index (κ3) is 10.6. The third-order valence-corrected chi connectivity index (χ3v) is 12.8. The van der Waals surface area contributed by atoms with Crippen molar-refractivity contribution < 1.29 is 33.0 Å². The van der Waals surface area contributed by atoms with E-state index in [2.05, 4.69) is 20.5 Å². The topological polar surface area (TPSA) is 124 Å². The van der Waals surface area contributed by atoms with Gasteiger partial charge in [0.2, 0.25) is 17.7 Å². The van der Waals surface area contributed by atoms with Crippen LogP contribution in [0, 0.1) is 17.6 Å². The van der Waals surface area contributed by atoms with Crippen molar-refractivity contribution >= 4 is 17.7 Å². The van der Waals surface area contributed by atoms with E-state index in [-0.39, 0.29) is 48.7 Å². The molecule has 2 fully saturated rings. The van der Waals surface area contributed by atoms with E-state index in [1.165, 1.54) is 19.1 Å². The normalized spacial score (nSPS) is 20.9. The second-order valence-corrected chi connectivity index (χ2v) is 17.0. The zero-order valence-electron chi connectivity index (χ0n) is 36.1. The minimum absolute atomic E-state index is 0.122. The highest BCUT2D eigenvalue weighted by Crippen LogP contribution is 2.39. The molecule has 5 aromatic rings. The number of aliphatic hydroxyl groups is 1. The van der Waals surface area contributed by atoms with Gasteiger partial charge in [-0.1, -0.05) is 111 Å². The Bertz CT molecular complexity index is 2230. The van der Waals surface area contributed by atoms with Gasteiger partial charge in [0.25, 0.3) is 0 Å². The van der Waals surface area contributed by atoms with Crippen LogP contribution in [0.2, 0.25) is 0 Å². The molecule has 7 rings (SSSR count). The van der Waals surface area contributed by atoms with E-state index in [1.54, 1.807) is 23.4 Å². The first-order valence-corrected chi connectivity index (χ1v) is 21.9. The van der Waals surface area contributed by atoms with E-state index in [9.17, 15) is 23.5 Å². The van der Waals surface area contributed by atoms with Crippen LogP contribution < -0.4 is 15.4 Å². The standard InChI is InChI=1S/C51H57F2N5O5/c1-4-34(2)51(56-35(3)59)24-26-57(50(51)62)45(23-22-36-15-8-5-9-16-36)49(61)55-44(29-37-27-40(52)30-41(53)28-37)48(60)46-31-43(63-42-21-14-25-54-32-42)33-58(46)47(38-17-10-6-11-18-38)39-19-12-7-13-20-39/h5-21,25,27-28,30,32,34,43-48,60H,4,22-24,26,29,31,33H2,1-3H3,(H,55,61)(H,56,59)/t34-,43-,44+,45+,46-,48+,51+/m1/s1. The largest absolute Gasteiger partial charge is 0.487 e. The number of aromatic nitrogens is 1. The van der Waals surface area contributed by atoms with Crippen molar-refractivity contribution in [3.63, 3.8) is 0 Å². The summed E-state index contributed by atoms with van der Waals surface area (Å²) in [7, 11) is 0. The lowest BCUT2D eigenvalue weighted by Crippen LogP contribution is -2.61. The smallest absolute Gasteiger partial charge is 0.249 e. The van der Waals surface area contributed by atoms with E-state index in [0.717, 1.165) is 22.8 Å².